The molecular weight excluding hydrogens is 410 g/mol. The van der Waals surface area contributed by atoms with E-state index in [4.69, 9.17) is 4.74 Å². The molecule has 0 aliphatic carbocycles. The first-order valence-corrected chi connectivity index (χ1v) is 10.3. The zero-order valence-electron chi connectivity index (χ0n) is 18.3. The number of ether oxygens (including phenoxy) is 1. The van der Waals surface area contributed by atoms with Gasteiger partial charge in [0.15, 0.2) is 0 Å². The van der Waals surface area contributed by atoms with Crippen LogP contribution in [-0.2, 0) is 14.3 Å². The Balaban J connectivity index is 1.80. The lowest BCUT2D eigenvalue weighted by atomic mass is 9.95. The van der Waals surface area contributed by atoms with Gasteiger partial charge in [-0.05, 0) is 38.6 Å². The Labute approximate surface area is 186 Å². The van der Waals surface area contributed by atoms with E-state index in [1.54, 1.807) is 24.9 Å². The molecule has 0 saturated carbocycles. The minimum atomic E-state index is -0.655. The third-order valence-corrected chi connectivity index (χ3v) is 4.78. The minimum absolute atomic E-state index is 0.0362. The molecule has 3 amide bonds. The van der Waals surface area contributed by atoms with Crippen molar-refractivity contribution in [3.63, 3.8) is 0 Å². The van der Waals surface area contributed by atoms with Crippen LogP contribution in [0.1, 0.15) is 24.2 Å². The number of anilines is 1. The summed E-state index contributed by atoms with van der Waals surface area (Å²) in [6, 6.07) is 13.5. The van der Waals surface area contributed by atoms with E-state index in [9.17, 15) is 14.4 Å². The molecule has 1 aromatic carbocycles. The molecule has 32 heavy (non-hydrogen) atoms. The number of nitrogens with zero attached hydrogens (tertiary/aromatic N) is 2. The number of amides is 3. The van der Waals surface area contributed by atoms with Crippen molar-refractivity contribution in [1.82, 2.24) is 20.5 Å². The fraction of sp³-hybridized carbons (Fsp3) is 0.304. The molecule has 2 heterocycles. The summed E-state index contributed by atoms with van der Waals surface area (Å²) in [5, 5.41) is 8.25. The van der Waals surface area contributed by atoms with Gasteiger partial charge in [-0.15, -0.1) is 0 Å². The molecule has 3 N–H and O–H groups in total. The van der Waals surface area contributed by atoms with Gasteiger partial charge in [0.1, 0.15) is 5.82 Å². The molecule has 1 aromatic heterocycles. The number of carbonyl (C=O) groups is 3. The van der Waals surface area contributed by atoms with Crippen molar-refractivity contribution in [3.05, 3.63) is 71.1 Å². The number of urea groups is 1. The standard InChI is InChI=1S/C23H27N5O4/c1-4-32-22(30)20-17(25-23(31)27-21(20)16-10-6-5-7-11-16)13-28(3)14-19(29)26-18-12-8-9-15(2)24-18/h5-12,21H,4,13-14H2,1-3H3,(H,24,26,29)(H2,25,27,31). The lowest BCUT2D eigenvalue weighted by molar-refractivity contribution is -0.139. The smallest absolute Gasteiger partial charge is 0.338 e. The second-order valence-electron chi connectivity index (χ2n) is 7.44. The van der Waals surface area contributed by atoms with E-state index in [-0.39, 0.29) is 25.6 Å². The summed E-state index contributed by atoms with van der Waals surface area (Å²) in [6.45, 7) is 3.97. The van der Waals surface area contributed by atoms with Crippen LogP contribution in [0, 0.1) is 6.92 Å². The highest BCUT2D eigenvalue weighted by Gasteiger charge is 2.34. The summed E-state index contributed by atoms with van der Waals surface area (Å²) >= 11 is 0. The van der Waals surface area contributed by atoms with Crippen LogP contribution < -0.4 is 16.0 Å². The molecule has 0 saturated heterocycles. The van der Waals surface area contributed by atoms with Crippen LogP contribution in [0.15, 0.2) is 59.8 Å². The van der Waals surface area contributed by atoms with Gasteiger partial charge in [-0.25, -0.2) is 14.6 Å². The Hall–Kier alpha value is -3.72. The molecule has 0 fully saturated rings. The number of likely N-dealkylation sites (N-methyl/N-ethyl adjacent to an activating group) is 1. The molecule has 1 atom stereocenters. The zero-order chi connectivity index (χ0) is 23.1. The largest absolute Gasteiger partial charge is 0.463 e. The zero-order valence-corrected chi connectivity index (χ0v) is 18.3. The van der Waals surface area contributed by atoms with Gasteiger partial charge in [0, 0.05) is 17.9 Å². The molecule has 0 bridgehead atoms. The van der Waals surface area contributed by atoms with Crippen LogP contribution in [-0.4, -0.2) is 54.5 Å². The first-order valence-electron chi connectivity index (χ1n) is 10.3. The lowest BCUT2D eigenvalue weighted by Crippen LogP contribution is -2.48. The van der Waals surface area contributed by atoms with E-state index in [2.05, 4.69) is 20.9 Å². The van der Waals surface area contributed by atoms with Crippen molar-refractivity contribution in [2.24, 2.45) is 0 Å². The van der Waals surface area contributed by atoms with Gasteiger partial charge in [0.25, 0.3) is 0 Å². The average molecular weight is 438 g/mol. The van der Waals surface area contributed by atoms with E-state index < -0.39 is 18.0 Å². The Bertz CT molecular complexity index is 1020. The van der Waals surface area contributed by atoms with Crippen LogP contribution in [0.5, 0.6) is 0 Å². The first-order chi connectivity index (χ1) is 15.4. The number of esters is 1. The first kappa shape index (κ1) is 23.0. The minimum Gasteiger partial charge on any atom is -0.463 e. The fourth-order valence-electron chi connectivity index (χ4n) is 3.45. The SMILES string of the molecule is CCOC(=O)C1=C(CN(C)CC(=O)Nc2cccc(C)n2)NC(=O)NC1c1ccccc1. The predicted octanol–water partition coefficient (Wildman–Crippen LogP) is 2.13. The number of hydrogen-bond donors (Lipinski definition) is 3. The number of aryl methyl sites for hydroxylation is 1. The van der Waals surface area contributed by atoms with Crippen molar-refractivity contribution >= 4 is 23.7 Å². The maximum atomic E-state index is 12.8. The van der Waals surface area contributed by atoms with Gasteiger partial charge < -0.3 is 20.7 Å². The van der Waals surface area contributed by atoms with E-state index in [0.29, 0.717) is 17.1 Å². The maximum Gasteiger partial charge on any atom is 0.338 e. The molecule has 2 aromatic rings. The van der Waals surface area contributed by atoms with Crippen molar-refractivity contribution in [3.8, 4) is 0 Å². The molecule has 0 spiro atoms. The molecule has 1 aliphatic rings. The molecule has 0 radical (unpaired) electrons. The second kappa shape index (κ2) is 10.5. The molecule has 1 aliphatic heterocycles. The van der Waals surface area contributed by atoms with Gasteiger partial charge in [0.2, 0.25) is 5.91 Å². The number of nitrogens with one attached hydrogen (secondary N) is 3. The number of pyridine rings is 1. The summed E-state index contributed by atoms with van der Waals surface area (Å²) in [6.07, 6.45) is 0. The quantitative estimate of drug-likeness (QED) is 0.546. The van der Waals surface area contributed by atoms with Crippen LogP contribution in [0.25, 0.3) is 0 Å². The van der Waals surface area contributed by atoms with Crippen LogP contribution in [0.2, 0.25) is 0 Å². The number of aromatic nitrogens is 1. The monoisotopic (exact) mass is 437 g/mol. The molecule has 168 valence electrons. The normalized spacial score (nSPS) is 15.8. The lowest BCUT2D eigenvalue weighted by Gasteiger charge is -2.31. The molecule has 1 unspecified atom stereocenters. The maximum absolute atomic E-state index is 12.8. The summed E-state index contributed by atoms with van der Waals surface area (Å²) in [5.41, 5.74) is 2.26. The molecule has 9 heteroatoms. The van der Waals surface area contributed by atoms with Gasteiger partial charge in [-0.2, -0.15) is 0 Å². The van der Waals surface area contributed by atoms with Gasteiger partial charge in [0.05, 0.1) is 24.8 Å². The van der Waals surface area contributed by atoms with Crippen molar-refractivity contribution in [2.75, 3.05) is 32.1 Å². The van der Waals surface area contributed by atoms with E-state index in [1.807, 2.05) is 49.4 Å². The number of rotatable bonds is 8. The number of carbonyl (C=O) groups excluding carboxylic acids is 3. The van der Waals surface area contributed by atoms with E-state index >= 15 is 0 Å². The summed E-state index contributed by atoms with van der Waals surface area (Å²) in [5.74, 6) is -0.316. The summed E-state index contributed by atoms with van der Waals surface area (Å²) in [7, 11) is 1.73. The summed E-state index contributed by atoms with van der Waals surface area (Å²) in [4.78, 5) is 43.5. The van der Waals surface area contributed by atoms with Crippen molar-refractivity contribution in [2.45, 2.75) is 19.9 Å². The van der Waals surface area contributed by atoms with Gasteiger partial charge in [-0.1, -0.05) is 36.4 Å². The number of benzene rings is 1. The Morgan fingerprint density at radius 2 is 1.91 bits per heavy atom. The van der Waals surface area contributed by atoms with E-state index in [1.165, 1.54) is 0 Å². The highest BCUT2D eigenvalue weighted by Crippen LogP contribution is 2.28. The number of hydrogen-bond acceptors (Lipinski definition) is 6. The molecular formula is C23H27N5O4. The average Bonchev–Trinajstić information content (AvgIpc) is 2.73. The second-order valence-corrected chi connectivity index (χ2v) is 7.44. The Kier molecular flexibility index (Phi) is 7.56. The predicted molar refractivity (Wildman–Crippen MR) is 120 cm³/mol. The van der Waals surface area contributed by atoms with Gasteiger partial charge >= 0.3 is 12.0 Å². The highest BCUT2D eigenvalue weighted by atomic mass is 16.5. The van der Waals surface area contributed by atoms with Crippen LogP contribution in [0.4, 0.5) is 10.6 Å². The van der Waals surface area contributed by atoms with Gasteiger partial charge in [-0.3, -0.25) is 9.69 Å². The third kappa shape index (κ3) is 5.92. The molecule has 3 rings (SSSR count). The topological polar surface area (TPSA) is 113 Å². The Morgan fingerprint density at radius 1 is 1.16 bits per heavy atom. The van der Waals surface area contributed by atoms with Crippen molar-refractivity contribution in [1.29, 1.82) is 0 Å². The van der Waals surface area contributed by atoms with Crippen molar-refractivity contribution < 1.29 is 19.1 Å². The van der Waals surface area contributed by atoms with Crippen LogP contribution >= 0.6 is 0 Å². The highest BCUT2D eigenvalue weighted by molar-refractivity contribution is 5.95. The third-order valence-electron chi connectivity index (χ3n) is 4.78. The van der Waals surface area contributed by atoms with Crippen LogP contribution in [0.3, 0.4) is 0 Å². The summed E-state index contributed by atoms with van der Waals surface area (Å²) < 4.78 is 5.26. The van der Waals surface area contributed by atoms with E-state index in [0.717, 1.165) is 11.3 Å². The molecule has 9 nitrogen and oxygen atoms in total. The Morgan fingerprint density at radius 3 is 2.59 bits per heavy atom. The fourth-order valence-corrected chi connectivity index (χ4v) is 3.45.